The van der Waals surface area contributed by atoms with Crippen molar-refractivity contribution in [2.24, 2.45) is 5.92 Å². The van der Waals surface area contributed by atoms with Crippen LogP contribution < -0.4 is 10.6 Å². The molecular weight excluding hydrogens is 396 g/mol. The number of nitrogens with zero attached hydrogens (tertiary/aromatic N) is 2. The highest BCUT2D eigenvalue weighted by molar-refractivity contribution is 5.98. The first-order valence-electron chi connectivity index (χ1n) is 10.0. The number of nitro benzene ring substituents is 1. The minimum Gasteiger partial charge on any atom is -0.354 e. The Morgan fingerprint density at radius 1 is 1.31 bits per heavy atom. The van der Waals surface area contributed by atoms with Gasteiger partial charge >= 0.3 is 0 Å². The third-order valence-electron chi connectivity index (χ3n) is 5.71. The smallest absolute Gasteiger partial charge is 0.272 e. The number of amides is 2. The third kappa shape index (κ3) is 5.67. The van der Waals surface area contributed by atoms with Crippen molar-refractivity contribution < 1.29 is 14.5 Å². The second-order valence-corrected chi connectivity index (χ2v) is 7.71. The molecule has 0 aromatic heterocycles. The molecule has 2 heterocycles. The summed E-state index contributed by atoms with van der Waals surface area (Å²) < 4.78 is 0. The first kappa shape index (κ1) is 23.1. The largest absolute Gasteiger partial charge is 0.354 e. The molecule has 2 saturated heterocycles. The van der Waals surface area contributed by atoms with Crippen molar-refractivity contribution >= 4 is 29.9 Å². The first-order valence-corrected chi connectivity index (χ1v) is 10.0. The zero-order chi connectivity index (χ0) is 20.1. The van der Waals surface area contributed by atoms with E-state index in [1.165, 1.54) is 31.0 Å². The molecule has 2 atom stereocenters. The molecule has 2 aliphatic heterocycles. The van der Waals surface area contributed by atoms with Crippen LogP contribution in [0.3, 0.4) is 0 Å². The van der Waals surface area contributed by atoms with Crippen LogP contribution in [-0.2, 0) is 4.79 Å². The van der Waals surface area contributed by atoms with E-state index < -0.39 is 11.0 Å². The molecule has 0 saturated carbocycles. The number of carbonyl (C=O) groups is 2. The first-order chi connectivity index (χ1) is 13.5. The van der Waals surface area contributed by atoms with Crippen molar-refractivity contribution in [2.45, 2.75) is 45.1 Å². The highest BCUT2D eigenvalue weighted by Crippen LogP contribution is 2.24. The molecule has 0 radical (unpaired) electrons. The number of nitro groups is 1. The summed E-state index contributed by atoms with van der Waals surface area (Å²) in [7, 11) is 0. The number of carbonyl (C=O) groups excluding carboxylic acids is 2. The Balaban J connectivity index is 0.00000300. The zero-order valence-corrected chi connectivity index (χ0v) is 17.5. The van der Waals surface area contributed by atoms with Gasteiger partial charge in [-0.25, -0.2) is 0 Å². The fourth-order valence-corrected chi connectivity index (χ4v) is 4.13. The lowest BCUT2D eigenvalue weighted by molar-refractivity contribution is -0.385. The summed E-state index contributed by atoms with van der Waals surface area (Å²) in [6.45, 7) is 4.84. The van der Waals surface area contributed by atoms with Crippen LogP contribution in [0.1, 0.15) is 48.0 Å². The highest BCUT2D eigenvalue weighted by Gasteiger charge is 2.34. The number of nitrogens with one attached hydrogen (secondary N) is 2. The molecule has 0 aliphatic carbocycles. The number of aryl methyl sites for hydroxylation is 1. The third-order valence-corrected chi connectivity index (χ3v) is 5.71. The molecule has 3 rings (SSSR count). The summed E-state index contributed by atoms with van der Waals surface area (Å²) in [4.78, 5) is 37.6. The van der Waals surface area contributed by atoms with E-state index in [1.807, 2.05) is 0 Å². The van der Waals surface area contributed by atoms with Crippen molar-refractivity contribution in [2.75, 3.05) is 26.2 Å². The Hall–Kier alpha value is -2.19. The minimum atomic E-state index is -0.465. The Morgan fingerprint density at radius 3 is 2.76 bits per heavy atom. The van der Waals surface area contributed by atoms with Gasteiger partial charge in [-0.15, -0.1) is 12.4 Å². The number of benzene rings is 1. The van der Waals surface area contributed by atoms with E-state index in [9.17, 15) is 19.7 Å². The molecular formula is C20H29ClN4O4. The molecule has 2 amide bonds. The zero-order valence-electron chi connectivity index (χ0n) is 16.7. The summed E-state index contributed by atoms with van der Waals surface area (Å²) >= 11 is 0. The summed E-state index contributed by atoms with van der Waals surface area (Å²) in [5.41, 5.74) is 0.817. The number of halogens is 1. The normalized spacial score (nSPS) is 21.3. The summed E-state index contributed by atoms with van der Waals surface area (Å²) in [6.07, 6.45) is 4.74. The molecule has 2 aliphatic rings. The van der Waals surface area contributed by atoms with Gasteiger partial charge in [-0.05, 0) is 70.2 Å². The van der Waals surface area contributed by atoms with Crippen LogP contribution in [-0.4, -0.2) is 53.9 Å². The van der Waals surface area contributed by atoms with Crippen LogP contribution in [0.4, 0.5) is 5.69 Å². The second-order valence-electron chi connectivity index (χ2n) is 7.71. The molecule has 0 spiro atoms. The Bertz CT molecular complexity index is 752. The van der Waals surface area contributed by atoms with Gasteiger partial charge in [0.2, 0.25) is 5.91 Å². The SMILES string of the molecule is Cc1cc(C(=O)N2CCCC2C(=O)NCCC2CCCNC2)ccc1[N+](=O)[O-].Cl. The van der Waals surface area contributed by atoms with Crippen LogP contribution in [0.15, 0.2) is 18.2 Å². The van der Waals surface area contributed by atoms with E-state index in [1.54, 1.807) is 11.8 Å². The number of hydrogen-bond acceptors (Lipinski definition) is 5. The van der Waals surface area contributed by atoms with Crippen LogP contribution in [0, 0.1) is 23.0 Å². The van der Waals surface area contributed by atoms with Gasteiger partial charge in [0.1, 0.15) is 6.04 Å². The van der Waals surface area contributed by atoms with Gasteiger partial charge in [-0.3, -0.25) is 19.7 Å². The van der Waals surface area contributed by atoms with E-state index >= 15 is 0 Å². The van der Waals surface area contributed by atoms with Crippen molar-refractivity contribution in [3.63, 3.8) is 0 Å². The highest BCUT2D eigenvalue weighted by atomic mass is 35.5. The van der Waals surface area contributed by atoms with E-state index in [0.29, 0.717) is 36.6 Å². The fraction of sp³-hybridized carbons (Fsp3) is 0.600. The van der Waals surface area contributed by atoms with Crippen LogP contribution in [0.5, 0.6) is 0 Å². The van der Waals surface area contributed by atoms with Crippen molar-refractivity contribution in [1.82, 2.24) is 15.5 Å². The minimum absolute atomic E-state index is 0. The van der Waals surface area contributed by atoms with Gasteiger partial charge in [0, 0.05) is 30.3 Å². The van der Waals surface area contributed by atoms with E-state index in [0.717, 1.165) is 25.9 Å². The molecule has 1 aromatic rings. The average Bonchev–Trinajstić information content (AvgIpc) is 3.17. The van der Waals surface area contributed by atoms with Gasteiger partial charge in [0.25, 0.3) is 11.6 Å². The van der Waals surface area contributed by atoms with Gasteiger partial charge < -0.3 is 15.5 Å². The molecule has 160 valence electrons. The average molecular weight is 425 g/mol. The van der Waals surface area contributed by atoms with Gasteiger partial charge in [0.15, 0.2) is 0 Å². The molecule has 1 aromatic carbocycles. The monoisotopic (exact) mass is 424 g/mol. The lowest BCUT2D eigenvalue weighted by Crippen LogP contribution is -2.46. The van der Waals surface area contributed by atoms with Crippen LogP contribution in [0.25, 0.3) is 0 Å². The molecule has 2 unspecified atom stereocenters. The topological polar surface area (TPSA) is 105 Å². The maximum atomic E-state index is 12.9. The van der Waals surface area contributed by atoms with Gasteiger partial charge in [-0.1, -0.05) is 0 Å². The predicted octanol–water partition coefficient (Wildman–Crippen LogP) is 2.44. The number of hydrogen-bond donors (Lipinski definition) is 2. The standard InChI is InChI=1S/C20H28N4O4.ClH/c1-14-12-16(6-7-17(14)24(27)28)20(26)23-11-3-5-18(23)19(25)22-10-8-15-4-2-9-21-13-15;/h6-7,12,15,18,21H,2-5,8-11,13H2,1H3,(H,22,25);1H. The van der Waals surface area contributed by atoms with Crippen LogP contribution >= 0.6 is 12.4 Å². The van der Waals surface area contributed by atoms with Gasteiger partial charge in [0.05, 0.1) is 4.92 Å². The summed E-state index contributed by atoms with van der Waals surface area (Å²) in [5.74, 6) is 0.249. The second kappa shape index (κ2) is 10.5. The number of rotatable bonds is 6. The van der Waals surface area contributed by atoms with Crippen molar-refractivity contribution in [3.8, 4) is 0 Å². The maximum Gasteiger partial charge on any atom is 0.272 e. The molecule has 0 bridgehead atoms. The lowest BCUT2D eigenvalue weighted by Gasteiger charge is -2.25. The summed E-state index contributed by atoms with van der Waals surface area (Å²) in [6, 6.07) is 3.89. The lowest BCUT2D eigenvalue weighted by atomic mass is 9.96. The molecule has 9 heteroatoms. The van der Waals surface area contributed by atoms with E-state index in [2.05, 4.69) is 10.6 Å². The van der Waals surface area contributed by atoms with Crippen molar-refractivity contribution in [3.05, 3.63) is 39.4 Å². The van der Waals surface area contributed by atoms with E-state index in [-0.39, 0.29) is 29.9 Å². The quantitative estimate of drug-likeness (QED) is 0.539. The fourth-order valence-electron chi connectivity index (χ4n) is 4.13. The molecule has 2 N–H and O–H groups in total. The predicted molar refractivity (Wildman–Crippen MR) is 112 cm³/mol. The maximum absolute atomic E-state index is 12.9. The number of piperidine rings is 1. The Kier molecular flexibility index (Phi) is 8.40. The van der Waals surface area contributed by atoms with Gasteiger partial charge in [-0.2, -0.15) is 0 Å². The van der Waals surface area contributed by atoms with Crippen molar-refractivity contribution in [1.29, 1.82) is 0 Å². The molecule has 29 heavy (non-hydrogen) atoms. The Labute approximate surface area is 177 Å². The van der Waals surface area contributed by atoms with Crippen LogP contribution in [0.2, 0.25) is 0 Å². The summed E-state index contributed by atoms with van der Waals surface area (Å²) in [5, 5.41) is 17.3. The number of likely N-dealkylation sites (tertiary alicyclic amines) is 1. The molecule has 2 fully saturated rings. The molecule has 8 nitrogen and oxygen atoms in total. The van der Waals surface area contributed by atoms with E-state index in [4.69, 9.17) is 0 Å². The Morgan fingerprint density at radius 2 is 2.10 bits per heavy atom.